The van der Waals surface area contributed by atoms with Crippen molar-refractivity contribution in [2.45, 2.75) is 19.3 Å². The van der Waals surface area contributed by atoms with Crippen molar-refractivity contribution in [1.82, 2.24) is 0 Å². The van der Waals surface area contributed by atoms with E-state index in [-0.39, 0.29) is 35.7 Å². The van der Waals surface area contributed by atoms with Crippen LogP contribution >= 0.6 is 11.3 Å². The van der Waals surface area contributed by atoms with Crippen molar-refractivity contribution in [1.29, 1.82) is 0 Å². The number of ether oxygens (including phenoxy) is 1. The van der Waals surface area contributed by atoms with Crippen LogP contribution in [0.25, 0.3) is 0 Å². The largest absolute Gasteiger partial charge is 0.504 e. The first-order valence-electron chi connectivity index (χ1n) is 9.24. The van der Waals surface area contributed by atoms with Gasteiger partial charge in [0.05, 0.1) is 17.0 Å². The number of carbonyl (C=O) groups excluding carboxylic acids is 2. The number of benzene rings is 2. The first kappa shape index (κ1) is 19.9. The fourth-order valence-electron chi connectivity index (χ4n) is 3.64. The van der Waals surface area contributed by atoms with Crippen LogP contribution in [0.2, 0.25) is 0 Å². The number of halogens is 1. The van der Waals surface area contributed by atoms with Crippen LogP contribution in [-0.4, -0.2) is 24.0 Å². The lowest BCUT2D eigenvalue weighted by Gasteiger charge is -2.24. The lowest BCUT2D eigenvalue weighted by Crippen LogP contribution is -2.22. The van der Waals surface area contributed by atoms with Crippen LogP contribution in [0.5, 0.6) is 11.5 Å². The summed E-state index contributed by atoms with van der Waals surface area (Å²) >= 11 is 1.21. The van der Waals surface area contributed by atoms with Gasteiger partial charge in [0.25, 0.3) is 5.91 Å². The minimum Gasteiger partial charge on any atom is -0.504 e. The molecule has 1 aliphatic heterocycles. The molecule has 1 atom stereocenters. The Balaban J connectivity index is 1.71. The van der Waals surface area contributed by atoms with E-state index >= 15 is 0 Å². The van der Waals surface area contributed by atoms with Crippen molar-refractivity contribution in [2.24, 2.45) is 0 Å². The average molecular weight is 426 g/mol. The highest BCUT2D eigenvalue weighted by Crippen LogP contribution is 2.46. The van der Waals surface area contributed by atoms with E-state index in [1.807, 2.05) is 6.92 Å². The topological polar surface area (TPSA) is 87.7 Å². The fraction of sp³-hybridized carbons (Fsp3) is 0.182. The third kappa shape index (κ3) is 3.61. The molecule has 0 saturated heterocycles. The summed E-state index contributed by atoms with van der Waals surface area (Å²) in [6.07, 6.45) is 0.220. The summed E-state index contributed by atoms with van der Waals surface area (Å²) in [6, 6.07) is 10.5. The maximum atomic E-state index is 13.1. The van der Waals surface area contributed by atoms with Gasteiger partial charge in [-0.25, -0.2) is 4.39 Å². The molecule has 0 aliphatic carbocycles. The Kier molecular flexibility index (Phi) is 5.17. The number of carbonyl (C=O) groups is 2. The van der Waals surface area contributed by atoms with Crippen molar-refractivity contribution in [2.75, 3.05) is 17.7 Å². The highest BCUT2D eigenvalue weighted by Gasteiger charge is 2.33. The summed E-state index contributed by atoms with van der Waals surface area (Å²) in [7, 11) is 1.46. The molecule has 0 fully saturated rings. The molecular formula is C22H19FN2O4S. The van der Waals surface area contributed by atoms with Crippen LogP contribution in [0.1, 0.15) is 38.7 Å². The molecule has 6 nitrogen and oxygen atoms in total. The minimum absolute atomic E-state index is 0.0168. The first-order valence-corrected chi connectivity index (χ1v) is 10.1. The van der Waals surface area contributed by atoms with E-state index in [1.54, 1.807) is 12.1 Å². The zero-order valence-corrected chi connectivity index (χ0v) is 17.1. The number of rotatable bonds is 4. The summed E-state index contributed by atoms with van der Waals surface area (Å²) in [6.45, 7) is 1.84. The Labute approximate surface area is 176 Å². The monoisotopic (exact) mass is 426 g/mol. The van der Waals surface area contributed by atoms with Crippen LogP contribution in [0.4, 0.5) is 15.1 Å². The van der Waals surface area contributed by atoms with Gasteiger partial charge in [0.2, 0.25) is 5.91 Å². The van der Waals surface area contributed by atoms with Gasteiger partial charge in [-0.1, -0.05) is 6.07 Å². The molecule has 0 radical (unpaired) electrons. The van der Waals surface area contributed by atoms with Crippen LogP contribution < -0.4 is 15.4 Å². The van der Waals surface area contributed by atoms with Crippen molar-refractivity contribution >= 4 is 33.8 Å². The van der Waals surface area contributed by atoms with E-state index in [4.69, 9.17) is 4.74 Å². The van der Waals surface area contributed by atoms with Crippen LogP contribution in [0, 0.1) is 12.7 Å². The quantitative estimate of drug-likeness (QED) is 0.567. The van der Waals surface area contributed by atoms with Crippen LogP contribution in [0.15, 0.2) is 42.5 Å². The minimum atomic E-state index is -0.384. The molecule has 3 aromatic rings. The summed E-state index contributed by atoms with van der Waals surface area (Å²) < 4.78 is 18.3. The number of hydrogen-bond donors (Lipinski definition) is 3. The van der Waals surface area contributed by atoms with Gasteiger partial charge in [0, 0.05) is 18.0 Å². The fourth-order valence-corrected chi connectivity index (χ4v) is 4.82. The molecule has 1 aliphatic rings. The van der Waals surface area contributed by atoms with Gasteiger partial charge in [-0.3, -0.25) is 9.59 Å². The van der Waals surface area contributed by atoms with Gasteiger partial charge in [-0.2, -0.15) is 0 Å². The van der Waals surface area contributed by atoms with Crippen molar-refractivity contribution < 1.29 is 23.8 Å². The number of hydrogen-bond acceptors (Lipinski definition) is 5. The van der Waals surface area contributed by atoms with Gasteiger partial charge in [0.15, 0.2) is 11.5 Å². The molecule has 0 unspecified atom stereocenters. The normalized spacial score (nSPS) is 15.3. The molecule has 154 valence electrons. The predicted molar refractivity (Wildman–Crippen MR) is 113 cm³/mol. The Hall–Kier alpha value is -3.39. The summed E-state index contributed by atoms with van der Waals surface area (Å²) in [5, 5.41) is 16.1. The number of fused-ring (bicyclic) bond motifs is 1. The number of methoxy groups -OCH3 is 1. The molecule has 2 aromatic carbocycles. The summed E-state index contributed by atoms with van der Waals surface area (Å²) in [5.41, 5.74) is 2.94. The van der Waals surface area contributed by atoms with E-state index in [2.05, 4.69) is 10.6 Å². The van der Waals surface area contributed by atoms with Gasteiger partial charge in [0.1, 0.15) is 5.82 Å². The molecule has 0 spiro atoms. The van der Waals surface area contributed by atoms with E-state index < -0.39 is 0 Å². The Morgan fingerprint density at radius 3 is 2.70 bits per heavy atom. The Morgan fingerprint density at radius 1 is 1.27 bits per heavy atom. The van der Waals surface area contributed by atoms with Crippen LogP contribution in [-0.2, 0) is 4.79 Å². The molecule has 0 saturated carbocycles. The molecule has 1 aromatic heterocycles. The molecular weight excluding hydrogens is 407 g/mol. The molecule has 8 heteroatoms. The number of nitrogens with one attached hydrogen (secondary N) is 2. The Morgan fingerprint density at radius 2 is 2.00 bits per heavy atom. The smallest absolute Gasteiger partial charge is 0.266 e. The van der Waals surface area contributed by atoms with E-state index in [0.717, 1.165) is 16.7 Å². The molecule has 3 N–H and O–H groups in total. The van der Waals surface area contributed by atoms with Crippen LogP contribution in [0.3, 0.4) is 0 Å². The third-order valence-corrected chi connectivity index (χ3v) is 6.32. The number of phenolic OH excluding ortho intramolecular Hbond substituents is 1. The SMILES string of the molecule is COc1cc([C@H]2CC(=O)Nc3sc(C(=O)Nc4ccc(F)cc4)c(C)c32)ccc1O. The van der Waals surface area contributed by atoms with Crippen molar-refractivity contribution in [3.63, 3.8) is 0 Å². The second kappa shape index (κ2) is 7.79. The zero-order valence-electron chi connectivity index (χ0n) is 16.3. The number of anilines is 2. The van der Waals surface area contributed by atoms with Gasteiger partial charge in [-0.15, -0.1) is 11.3 Å². The maximum absolute atomic E-state index is 13.1. The molecule has 2 amide bonds. The number of thiophene rings is 1. The lowest BCUT2D eigenvalue weighted by molar-refractivity contribution is -0.116. The van der Waals surface area contributed by atoms with Gasteiger partial charge < -0.3 is 20.5 Å². The van der Waals surface area contributed by atoms with Gasteiger partial charge in [-0.05, 0) is 60.0 Å². The number of aromatic hydroxyl groups is 1. The van der Waals surface area contributed by atoms with E-state index in [9.17, 15) is 19.1 Å². The first-order chi connectivity index (χ1) is 14.4. The highest BCUT2D eigenvalue weighted by molar-refractivity contribution is 7.18. The zero-order chi connectivity index (χ0) is 21.4. The molecule has 2 heterocycles. The molecule has 0 bridgehead atoms. The second-order valence-electron chi connectivity index (χ2n) is 7.00. The summed E-state index contributed by atoms with van der Waals surface area (Å²) in [4.78, 5) is 25.6. The second-order valence-corrected chi connectivity index (χ2v) is 8.02. The van der Waals surface area contributed by atoms with Crippen molar-refractivity contribution in [3.05, 3.63) is 69.8 Å². The molecule has 4 rings (SSSR count). The maximum Gasteiger partial charge on any atom is 0.266 e. The number of amides is 2. The summed E-state index contributed by atoms with van der Waals surface area (Å²) in [5.74, 6) is -0.788. The van der Waals surface area contributed by atoms with E-state index in [1.165, 1.54) is 48.8 Å². The lowest BCUT2D eigenvalue weighted by atomic mass is 9.84. The molecule has 30 heavy (non-hydrogen) atoms. The standard InChI is InChI=1S/C22H19FN2O4S/c1-11-19-15(12-3-8-16(26)17(9-12)29-2)10-18(27)25-22(19)30-20(11)21(28)24-14-6-4-13(23)5-7-14/h3-9,15,26H,10H2,1-2H3,(H,24,28)(H,25,27)/t15-/m1/s1. The van der Waals surface area contributed by atoms with Gasteiger partial charge >= 0.3 is 0 Å². The average Bonchev–Trinajstić information content (AvgIpc) is 3.06. The third-order valence-electron chi connectivity index (χ3n) is 5.10. The van der Waals surface area contributed by atoms with E-state index in [0.29, 0.717) is 21.3 Å². The Bertz CT molecular complexity index is 1140. The highest BCUT2D eigenvalue weighted by atomic mass is 32.1. The van der Waals surface area contributed by atoms with Crippen molar-refractivity contribution in [3.8, 4) is 11.5 Å². The predicted octanol–water partition coefficient (Wildman–Crippen LogP) is 4.64. The number of phenols is 1.